The Labute approximate surface area is 129 Å². The van der Waals surface area contributed by atoms with Gasteiger partial charge in [0, 0.05) is 25.1 Å². The highest BCUT2D eigenvalue weighted by atomic mass is 16.3. The van der Waals surface area contributed by atoms with Gasteiger partial charge in [-0.1, -0.05) is 39.0 Å². The monoisotopic (exact) mass is 296 g/mol. The minimum Gasteiger partial charge on any atom is -0.396 e. The maximum absolute atomic E-state index is 12.0. The van der Waals surface area contributed by atoms with Crippen molar-refractivity contribution in [3.63, 3.8) is 0 Å². The fourth-order valence-corrected chi connectivity index (χ4v) is 3.84. The molecule has 1 aliphatic heterocycles. The van der Waals surface area contributed by atoms with Gasteiger partial charge in [0.05, 0.1) is 6.54 Å². The molecule has 4 nitrogen and oxygen atoms in total. The van der Waals surface area contributed by atoms with Gasteiger partial charge in [0.2, 0.25) is 5.91 Å². The molecule has 1 amide bonds. The van der Waals surface area contributed by atoms with E-state index in [1.807, 2.05) is 0 Å². The Morgan fingerprint density at radius 3 is 2.76 bits per heavy atom. The molecule has 2 N–H and O–H groups in total. The van der Waals surface area contributed by atoms with Gasteiger partial charge in [-0.25, -0.2) is 0 Å². The SMILES string of the molecule is CC1(CO)CCCN(CC(=O)NCCC2CCCCC2)C1. The van der Waals surface area contributed by atoms with Gasteiger partial charge in [-0.3, -0.25) is 9.69 Å². The summed E-state index contributed by atoms with van der Waals surface area (Å²) in [4.78, 5) is 14.2. The zero-order chi connectivity index (χ0) is 15.1. The first-order valence-corrected chi connectivity index (χ1v) is 8.71. The van der Waals surface area contributed by atoms with E-state index in [2.05, 4.69) is 17.1 Å². The van der Waals surface area contributed by atoms with Crippen LogP contribution in [0.1, 0.15) is 58.3 Å². The Bertz CT molecular complexity index is 329. The van der Waals surface area contributed by atoms with Gasteiger partial charge in [-0.2, -0.15) is 0 Å². The third kappa shape index (κ3) is 5.59. The van der Waals surface area contributed by atoms with E-state index in [1.165, 1.54) is 32.1 Å². The van der Waals surface area contributed by atoms with Gasteiger partial charge in [0.15, 0.2) is 0 Å². The fraction of sp³-hybridized carbons (Fsp3) is 0.941. The van der Waals surface area contributed by atoms with E-state index in [9.17, 15) is 9.90 Å². The van der Waals surface area contributed by atoms with E-state index in [-0.39, 0.29) is 17.9 Å². The number of hydrogen-bond acceptors (Lipinski definition) is 3. The van der Waals surface area contributed by atoms with Crippen LogP contribution in [-0.2, 0) is 4.79 Å². The van der Waals surface area contributed by atoms with Crippen molar-refractivity contribution in [3.05, 3.63) is 0 Å². The minimum absolute atomic E-state index is 0.0272. The van der Waals surface area contributed by atoms with E-state index in [0.29, 0.717) is 6.54 Å². The number of piperidine rings is 1. The molecule has 122 valence electrons. The van der Waals surface area contributed by atoms with Gasteiger partial charge < -0.3 is 10.4 Å². The summed E-state index contributed by atoms with van der Waals surface area (Å²) in [6, 6.07) is 0. The minimum atomic E-state index is -0.0272. The van der Waals surface area contributed by atoms with Crippen molar-refractivity contribution in [3.8, 4) is 0 Å². The highest BCUT2D eigenvalue weighted by Crippen LogP contribution is 2.28. The lowest BCUT2D eigenvalue weighted by Crippen LogP contribution is -2.47. The zero-order valence-corrected chi connectivity index (χ0v) is 13.6. The Balaban J connectivity index is 1.62. The van der Waals surface area contributed by atoms with Crippen molar-refractivity contribution in [2.45, 2.75) is 58.3 Å². The van der Waals surface area contributed by atoms with E-state index >= 15 is 0 Å². The standard InChI is InChI=1S/C17H32N2O2/c1-17(14-20)9-5-11-19(13-17)12-16(21)18-10-8-15-6-3-2-4-7-15/h15,20H,2-14H2,1H3,(H,18,21). The molecule has 4 heteroatoms. The predicted molar refractivity (Wildman–Crippen MR) is 85.1 cm³/mol. The van der Waals surface area contributed by atoms with E-state index in [0.717, 1.165) is 44.8 Å². The highest BCUT2D eigenvalue weighted by Gasteiger charge is 2.30. The normalized spacial score (nSPS) is 28.5. The molecule has 1 aliphatic carbocycles. The first kappa shape index (κ1) is 16.8. The largest absolute Gasteiger partial charge is 0.396 e. The number of carbonyl (C=O) groups is 1. The van der Waals surface area contributed by atoms with Crippen LogP contribution in [0.5, 0.6) is 0 Å². The van der Waals surface area contributed by atoms with Crippen LogP contribution in [0.25, 0.3) is 0 Å². The quantitative estimate of drug-likeness (QED) is 0.790. The van der Waals surface area contributed by atoms with Crippen LogP contribution < -0.4 is 5.32 Å². The van der Waals surface area contributed by atoms with Crippen molar-refractivity contribution < 1.29 is 9.90 Å². The van der Waals surface area contributed by atoms with Gasteiger partial charge >= 0.3 is 0 Å². The third-order valence-electron chi connectivity index (χ3n) is 5.21. The molecule has 2 rings (SSSR count). The molecule has 2 fully saturated rings. The molecule has 0 aromatic rings. The number of aliphatic hydroxyl groups is 1. The summed E-state index contributed by atoms with van der Waals surface area (Å²) in [7, 11) is 0. The zero-order valence-electron chi connectivity index (χ0n) is 13.6. The number of likely N-dealkylation sites (tertiary alicyclic amines) is 1. The van der Waals surface area contributed by atoms with E-state index in [4.69, 9.17) is 0 Å². The van der Waals surface area contributed by atoms with Gasteiger partial charge in [0.1, 0.15) is 0 Å². The molecule has 0 aromatic heterocycles. The summed E-state index contributed by atoms with van der Waals surface area (Å²) in [6.07, 6.45) is 10.1. The molecule has 0 aromatic carbocycles. The summed E-state index contributed by atoms with van der Waals surface area (Å²) in [5.41, 5.74) is -0.0272. The number of aliphatic hydroxyl groups excluding tert-OH is 1. The van der Waals surface area contributed by atoms with Crippen LogP contribution in [-0.4, -0.2) is 48.7 Å². The number of amides is 1. The number of nitrogens with one attached hydrogen (secondary N) is 1. The lowest BCUT2D eigenvalue weighted by atomic mass is 9.83. The molecule has 2 aliphatic rings. The van der Waals surface area contributed by atoms with E-state index in [1.54, 1.807) is 0 Å². The van der Waals surface area contributed by atoms with Crippen LogP contribution in [0, 0.1) is 11.3 Å². The number of hydrogen-bond donors (Lipinski definition) is 2. The van der Waals surface area contributed by atoms with Crippen LogP contribution in [0.4, 0.5) is 0 Å². The summed E-state index contributed by atoms with van der Waals surface area (Å²) in [5.74, 6) is 0.972. The van der Waals surface area contributed by atoms with Gasteiger partial charge in [-0.05, 0) is 31.7 Å². The molecule has 1 saturated heterocycles. The van der Waals surface area contributed by atoms with Crippen LogP contribution in [0.3, 0.4) is 0 Å². The average Bonchev–Trinajstić information content (AvgIpc) is 2.48. The highest BCUT2D eigenvalue weighted by molar-refractivity contribution is 5.77. The van der Waals surface area contributed by atoms with Crippen molar-refractivity contribution >= 4 is 5.91 Å². The first-order valence-electron chi connectivity index (χ1n) is 8.71. The van der Waals surface area contributed by atoms with E-state index < -0.39 is 0 Å². The molecule has 1 atom stereocenters. The molecule has 0 spiro atoms. The molecule has 0 radical (unpaired) electrons. The number of carbonyl (C=O) groups excluding carboxylic acids is 1. The lowest BCUT2D eigenvalue weighted by Gasteiger charge is -2.38. The Morgan fingerprint density at radius 2 is 2.05 bits per heavy atom. The second-order valence-electron chi connectivity index (χ2n) is 7.43. The second kappa shape index (κ2) is 8.14. The van der Waals surface area contributed by atoms with Crippen LogP contribution >= 0.6 is 0 Å². The average molecular weight is 296 g/mol. The number of rotatable bonds is 6. The van der Waals surface area contributed by atoms with Crippen molar-refractivity contribution in [2.75, 3.05) is 32.8 Å². The van der Waals surface area contributed by atoms with Crippen molar-refractivity contribution in [2.24, 2.45) is 11.3 Å². The molecule has 1 unspecified atom stereocenters. The summed E-state index contributed by atoms with van der Waals surface area (Å²) in [6.45, 7) is 5.45. The Morgan fingerprint density at radius 1 is 1.29 bits per heavy atom. The fourth-order valence-electron chi connectivity index (χ4n) is 3.84. The van der Waals surface area contributed by atoms with Crippen LogP contribution in [0.15, 0.2) is 0 Å². The third-order valence-corrected chi connectivity index (χ3v) is 5.21. The molecular weight excluding hydrogens is 264 g/mol. The summed E-state index contributed by atoms with van der Waals surface area (Å²) >= 11 is 0. The number of nitrogens with zero attached hydrogens (tertiary/aromatic N) is 1. The molecule has 0 bridgehead atoms. The van der Waals surface area contributed by atoms with Crippen molar-refractivity contribution in [1.82, 2.24) is 10.2 Å². The van der Waals surface area contributed by atoms with Gasteiger partial charge in [0.25, 0.3) is 0 Å². The second-order valence-corrected chi connectivity index (χ2v) is 7.43. The molecule has 21 heavy (non-hydrogen) atoms. The van der Waals surface area contributed by atoms with Crippen LogP contribution in [0.2, 0.25) is 0 Å². The maximum atomic E-state index is 12.0. The Hall–Kier alpha value is -0.610. The summed E-state index contributed by atoms with van der Waals surface area (Å²) in [5, 5.41) is 12.5. The maximum Gasteiger partial charge on any atom is 0.234 e. The summed E-state index contributed by atoms with van der Waals surface area (Å²) < 4.78 is 0. The Kier molecular flexibility index (Phi) is 6.49. The van der Waals surface area contributed by atoms with Crippen molar-refractivity contribution in [1.29, 1.82) is 0 Å². The first-order chi connectivity index (χ1) is 10.1. The lowest BCUT2D eigenvalue weighted by molar-refractivity contribution is -0.123. The smallest absolute Gasteiger partial charge is 0.234 e. The molecule has 1 saturated carbocycles. The van der Waals surface area contributed by atoms with Gasteiger partial charge in [-0.15, -0.1) is 0 Å². The molecule has 1 heterocycles. The molecular formula is C17H32N2O2. The topological polar surface area (TPSA) is 52.6 Å². The predicted octanol–water partition coefficient (Wildman–Crippen LogP) is 2.17.